The highest BCUT2D eigenvalue weighted by molar-refractivity contribution is 5.73. The van der Waals surface area contributed by atoms with Crippen LogP contribution in [0.4, 0.5) is 11.4 Å². The summed E-state index contributed by atoms with van der Waals surface area (Å²) in [7, 11) is 1.59. The second-order valence-corrected chi connectivity index (χ2v) is 3.66. The predicted octanol–water partition coefficient (Wildman–Crippen LogP) is 1.57. The van der Waals surface area contributed by atoms with Crippen LogP contribution in [0, 0.1) is 0 Å². The average molecular weight is 233 g/mol. The Kier molecular flexibility index (Phi) is 3.13. The molecule has 6 heteroatoms. The topological polar surface area (TPSA) is 88.8 Å². The number of aromatic amines is 1. The summed E-state index contributed by atoms with van der Waals surface area (Å²) in [4.78, 5) is 4.08. The summed E-state index contributed by atoms with van der Waals surface area (Å²) in [5.74, 6) is 1.41. The fraction of sp³-hybridized carbons (Fsp3) is 0.273. The van der Waals surface area contributed by atoms with Gasteiger partial charge in [0.15, 0.2) is 0 Å². The Morgan fingerprint density at radius 3 is 2.94 bits per heavy atom. The van der Waals surface area contributed by atoms with Crippen LogP contribution in [0.3, 0.4) is 0 Å². The molecule has 0 radical (unpaired) electrons. The van der Waals surface area contributed by atoms with Crippen LogP contribution in [-0.4, -0.2) is 22.3 Å². The lowest BCUT2D eigenvalue weighted by Crippen LogP contribution is -2.10. The number of methoxy groups -OCH3 is 1. The number of rotatable bonds is 4. The molecule has 6 nitrogen and oxygen atoms in total. The van der Waals surface area contributed by atoms with Gasteiger partial charge >= 0.3 is 0 Å². The molecule has 1 aromatic heterocycles. The third-order valence-electron chi connectivity index (χ3n) is 2.50. The van der Waals surface area contributed by atoms with Crippen molar-refractivity contribution in [3.8, 4) is 5.75 Å². The Balaban J connectivity index is 2.19. The molecule has 0 saturated carbocycles. The number of hydrogen-bond donors (Lipinski definition) is 3. The predicted molar refractivity (Wildman–Crippen MR) is 65.8 cm³/mol. The van der Waals surface area contributed by atoms with Gasteiger partial charge in [-0.3, -0.25) is 5.10 Å². The number of aromatic nitrogens is 3. The molecule has 90 valence electrons. The summed E-state index contributed by atoms with van der Waals surface area (Å²) in [6.07, 6.45) is 1.47. The second-order valence-electron chi connectivity index (χ2n) is 3.66. The molecule has 1 unspecified atom stereocenters. The maximum atomic E-state index is 5.96. The molecular formula is C11H15N5O. The van der Waals surface area contributed by atoms with Crippen molar-refractivity contribution in [1.82, 2.24) is 15.2 Å². The van der Waals surface area contributed by atoms with Crippen LogP contribution >= 0.6 is 0 Å². The minimum atomic E-state index is -0.00749. The van der Waals surface area contributed by atoms with Gasteiger partial charge in [-0.1, -0.05) is 6.07 Å². The van der Waals surface area contributed by atoms with Gasteiger partial charge in [0.25, 0.3) is 0 Å². The summed E-state index contributed by atoms with van der Waals surface area (Å²) in [6.45, 7) is 1.97. The maximum Gasteiger partial charge on any atom is 0.146 e. The fourth-order valence-electron chi connectivity index (χ4n) is 1.57. The van der Waals surface area contributed by atoms with Gasteiger partial charge in [-0.15, -0.1) is 0 Å². The zero-order valence-electron chi connectivity index (χ0n) is 9.77. The van der Waals surface area contributed by atoms with E-state index in [0.29, 0.717) is 11.4 Å². The highest BCUT2D eigenvalue weighted by Crippen LogP contribution is 2.30. The van der Waals surface area contributed by atoms with Crippen molar-refractivity contribution in [2.45, 2.75) is 13.0 Å². The normalized spacial score (nSPS) is 12.1. The Bertz CT molecular complexity index is 483. The van der Waals surface area contributed by atoms with E-state index in [4.69, 9.17) is 10.5 Å². The van der Waals surface area contributed by atoms with Crippen LogP contribution in [0.25, 0.3) is 0 Å². The number of nitrogens with zero attached hydrogens (tertiary/aromatic N) is 2. The molecule has 1 atom stereocenters. The molecule has 0 bridgehead atoms. The van der Waals surface area contributed by atoms with Crippen LogP contribution in [0.15, 0.2) is 24.5 Å². The Hall–Kier alpha value is -2.24. The third-order valence-corrected chi connectivity index (χ3v) is 2.50. The first-order valence-electron chi connectivity index (χ1n) is 5.26. The van der Waals surface area contributed by atoms with Gasteiger partial charge in [-0.25, -0.2) is 4.98 Å². The van der Waals surface area contributed by atoms with Crippen molar-refractivity contribution >= 4 is 11.4 Å². The molecular weight excluding hydrogens is 218 g/mol. The van der Waals surface area contributed by atoms with Gasteiger partial charge < -0.3 is 15.8 Å². The number of nitrogens with two attached hydrogens (primary N) is 1. The van der Waals surface area contributed by atoms with Crippen LogP contribution in [0.5, 0.6) is 5.75 Å². The van der Waals surface area contributed by atoms with Crippen molar-refractivity contribution in [3.05, 3.63) is 30.4 Å². The number of ether oxygens (including phenoxy) is 1. The number of hydrogen-bond acceptors (Lipinski definition) is 5. The summed E-state index contributed by atoms with van der Waals surface area (Å²) in [5.41, 5.74) is 7.36. The smallest absolute Gasteiger partial charge is 0.146 e. The van der Waals surface area contributed by atoms with E-state index in [1.807, 2.05) is 25.1 Å². The first-order valence-corrected chi connectivity index (χ1v) is 5.26. The number of benzene rings is 1. The maximum absolute atomic E-state index is 5.96. The lowest BCUT2D eigenvalue weighted by atomic mass is 10.2. The van der Waals surface area contributed by atoms with E-state index in [1.54, 1.807) is 7.11 Å². The van der Waals surface area contributed by atoms with E-state index >= 15 is 0 Å². The molecule has 0 amide bonds. The molecule has 0 spiro atoms. The van der Waals surface area contributed by atoms with Crippen molar-refractivity contribution in [1.29, 1.82) is 0 Å². The van der Waals surface area contributed by atoms with Gasteiger partial charge in [0.2, 0.25) is 0 Å². The standard InChI is InChI=1S/C11H15N5O/c1-7(11-13-6-14-16-11)15-8-4-3-5-9(17-2)10(8)12/h3-7,15H,12H2,1-2H3,(H,13,14,16). The fourth-order valence-corrected chi connectivity index (χ4v) is 1.57. The molecule has 1 heterocycles. The quantitative estimate of drug-likeness (QED) is 0.697. The first kappa shape index (κ1) is 11.3. The van der Waals surface area contributed by atoms with Crippen molar-refractivity contribution in [2.24, 2.45) is 0 Å². The summed E-state index contributed by atoms with van der Waals surface area (Å²) in [6, 6.07) is 5.58. The minimum Gasteiger partial charge on any atom is -0.495 e. The van der Waals surface area contributed by atoms with E-state index in [9.17, 15) is 0 Å². The van der Waals surface area contributed by atoms with E-state index < -0.39 is 0 Å². The van der Waals surface area contributed by atoms with Crippen LogP contribution in [-0.2, 0) is 0 Å². The van der Waals surface area contributed by atoms with E-state index in [1.165, 1.54) is 6.33 Å². The largest absolute Gasteiger partial charge is 0.495 e. The Labute approximate surface area is 99.2 Å². The van der Waals surface area contributed by atoms with E-state index in [0.717, 1.165) is 11.5 Å². The Morgan fingerprint density at radius 1 is 1.47 bits per heavy atom. The molecule has 0 fully saturated rings. The van der Waals surface area contributed by atoms with Crippen LogP contribution in [0.2, 0.25) is 0 Å². The summed E-state index contributed by atoms with van der Waals surface area (Å²) in [5, 5.41) is 9.87. The van der Waals surface area contributed by atoms with Crippen molar-refractivity contribution in [2.75, 3.05) is 18.2 Å². The van der Waals surface area contributed by atoms with Gasteiger partial charge in [-0.2, -0.15) is 5.10 Å². The first-order chi connectivity index (χ1) is 8.22. The van der Waals surface area contributed by atoms with Gasteiger partial charge in [0.05, 0.1) is 24.5 Å². The summed E-state index contributed by atoms with van der Waals surface area (Å²) < 4.78 is 5.16. The van der Waals surface area contributed by atoms with Crippen LogP contribution < -0.4 is 15.8 Å². The monoisotopic (exact) mass is 233 g/mol. The van der Waals surface area contributed by atoms with Gasteiger partial charge in [0, 0.05) is 0 Å². The Morgan fingerprint density at radius 2 is 2.29 bits per heavy atom. The highest BCUT2D eigenvalue weighted by Gasteiger charge is 2.11. The third kappa shape index (κ3) is 2.30. The molecule has 2 rings (SSSR count). The second kappa shape index (κ2) is 4.73. The highest BCUT2D eigenvalue weighted by atomic mass is 16.5. The molecule has 0 aliphatic carbocycles. The lowest BCUT2D eigenvalue weighted by Gasteiger charge is -2.16. The zero-order chi connectivity index (χ0) is 12.3. The number of para-hydroxylation sites is 1. The SMILES string of the molecule is COc1cccc(NC(C)c2ncn[nH]2)c1N. The zero-order valence-corrected chi connectivity index (χ0v) is 9.77. The minimum absolute atomic E-state index is 0.00749. The number of H-pyrrole nitrogens is 1. The van der Waals surface area contributed by atoms with Crippen molar-refractivity contribution < 1.29 is 4.74 Å². The van der Waals surface area contributed by atoms with E-state index in [2.05, 4.69) is 20.5 Å². The molecule has 1 aromatic carbocycles. The molecule has 0 aliphatic rings. The molecule has 4 N–H and O–H groups in total. The number of nitrogen functional groups attached to an aromatic ring is 1. The molecule has 0 saturated heterocycles. The molecule has 17 heavy (non-hydrogen) atoms. The lowest BCUT2D eigenvalue weighted by molar-refractivity contribution is 0.417. The van der Waals surface area contributed by atoms with Gasteiger partial charge in [-0.05, 0) is 19.1 Å². The average Bonchev–Trinajstić information content (AvgIpc) is 2.85. The van der Waals surface area contributed by atoms with E-state index in [-0.39, 0.29) is 6.04 Å². The molecule has 2 aromatic rings. The number of anilines is 2. The van der Waals surface area contributed by atoms with Gasteiger partial charge in [0.1, 0.15) is 17.9 Å². The van der Waals surface area contributed by atoms with Crippen molar-refractivity contribution in [3.63, 3.8) is 0 Å². The molecule has 0 aliphatic heterocycles. The summed E-state index contributed by atoms with van der Waals surface area (Å²) >= 11 is 0. The van der Waals surface area contributed by atoms with Crippen LogP contribution in [0.1, 0.15) is 18.8 Å². The number of nitrogens with one attached hydrogen (secondary N) is 2.